The van der Waals surface area contributed by atoms with Crippen LogP contribution in [0.5, 0.6) is 5.75 Å². The third kappa shape index (κ3) is 5.63. The topological polar surface area (TPSA) is 121 Å². The van der Waals surface area contributed by atoms with Gasteiger partial charge in [-0.3, -0.25) is 9.36 Å². The van der Waals surface area contributed by atoms with Crippen molar-refractivity contribution in [1.29, 1.82) is 0 Å². The Kier molecular flexibility index (Phi) is 8.45. The summed E-state index contributed by atoms with van der Waals surface area (Å²) >= 11 is 0. The minimum absolute atomic E-state index is 0.146. The molecule has 4 aromatic carbocycles. The molecule has 2 aromatic heterocycles. The highest BCUT2D eigenvalue weighted by molar-refractivity contribution is 6.06. The molecule has 0 aliphatic carbocycles. The molecule has 0 saturated carbocycles. The molecule has 10 heteroatoms. The number of carbonyl (C=O) groups is 1. The fourth-order valence-electron chi connectivity index (χ4n) is 6.14. The van der Waals surface area contributed by atoms with Crippen molar-refractivity contribution in [2.75, 3.05) is 25.6 Å². The molecule has 1 amide bonds. The second kappa shape index (κ2) is 13.1. The van der Waals surface area contributed by atoms with Gasteiger partial charge in [0.1, 0.15) is 23.9 Å². The lowest BCUT2D eigenvalue weighted by atomic mass is 9.80. The monoisotopic (exact) mass is 627 g/mol. The molecular weight excluding hydrogens is 594 g/mol. The van der Waals surface area contributed by atoms with Crippen molar-refractivity contribution in [3.63, 3.8) is 0 Å². The number of nitrogens with one attached hydrogen (secondary N) is 1. The number of hydrogen-bond acceptors (Lipinski definition) is 8. The first-order valence-corrected chi connectivity index (χ1v) is 15.3. The largest absolute Gasteiger partial charge is 0.497 e. The van der Waals surface area contributed by atoms with E-state index in [0.717, 1.165) is 22.4 Å². The van der Waals surface area contributed by atoms with Gasteiger partial charge in [0.05, 0.1) is 38.7 Å². The van der Waals surface area contributed by atoms with Crippen LogP contribution >= 0.6 is 0 Å². The number of benzene rings is 4. The summed E-state index contributed by atoms with van der Waals surface area (Å²) in [7, 11) is 1.64. The Hall–Kier alpha value is -5.42. The molecule has 7 rings (SSSR count). The predicted molar refractivity (Wildman–Crippen MR) is 176 cm³/mol. The van der Waals surface area contributed by atoms with Crippen LogP contribution in [0.15, 0.2) is 128 Å². The smallest absolute Gasteiger partial charge is 0.256 e. The summed E-state index contributed by atoms with van der Waals surface area (Å²) in [4.78, 5) is 26.0. The minimum atomic E-state index is -0.968. The fourth-order valence-corrected chi connectivity index (χ4v) is 6.14. The lowest BCUT2D eigenvalue weighted by Gasteiger charge is -2.46. The molecule has 1 saturated heterocycles. The Morgan fingerprint density at radius 1 is 0.851 bits per heavy atom. The Balaban J connectivity index is 1.16. The van der Waals surface area contributed by atoms with Gasteiger partial charge in [-0.2, -0.15) is 0 Å². The van der Waals surface area contributed by atoms with Crippen molar-refractivity contribution in [3.8, 4) is 5.75 Å². The van der Waals surface area contributed by atoms with E-state index in [1.54, 1.807) is 42.3 Å². The Morgan fingerprint density at radius 2 is 1.47 bits per heavy atom. The Labute approximate surface area is 271 Å². The number of aliphatic hydroxyl groups is 1. The van der Waals surface area contributed by atoms with Crippen molar-refractivity contribution in [2.45, 2.75) is 17.9 Å². The first kappa shape index (κ1) is 30.2. The summed E-state index contributed by atoms with van der Waals surface area (Å²) in [6.45, 7) is 0.0464. The number of rotatable bonds is 11. The summed E-state index contributed by atoms with van der Waals surface area (Å²) in [5.74, 6) is 0.415. The maximum absolute atomic E-state index is 12.8. The first-order chi connectivity index (χ1) is 23.1. The van der Waals surface area contributed by atoms with E-state index in [1.165, 1.54) is 6.33 Å². The van der Waals surface area contributed by atoms with Crippen molar-refractivity contribution in [2.24, 2.45) is 5.92 Å². The van der Waals surface area contributed by atoms with Gasteiger partial charge in [-0.1, -0.05) is 91.0 Å². The van der Waals surface area contributed by atoms with E-state index in [2.05, 4.69) is 44.5 Å². The molecule has 0 bridgehead atoms. The molecule has 1 fully saturated rings. The van der Waals surface area contributed by atoms with Crippen LogP contribution in [-0.4, -0.2) is 57.0 Å². The van der Waals surface area contributed by atoms with Gasteiger partial charge in [0, 0.05) is 5.56 Å². The number of methoxy groups -OCH3 is 1. The van der Waals surface area contributed by atoms with Gasteiger partial charge in [-0.25, -0.2) is 15.0 Å². The number of ether oxygens (including phenoxy) is 3. The van der Waals surface area contributed by atoms with Crippen molar-refractivity contribution >= 4 is 22.9 Å². The molecule has 3 atom stereocenters. The summed E-state index contributed by atoms with van der Waals surface area (Å²) in [6.07, 6.45) is 2.00. The van der Waals surface area contributed by atoms with Crippen LogP contribution in [0.1, 0.15) is 33.3 Å². The van der Waals surface area contributed by atoms with Gasteiger partial charge in [0.15, 0.2) is 17.0 Å². The molecule has 0 spiro atoms. The van der Waals surface area contributed by atoms with Crippen LogP contribution < -0.4 is 10.1 Å². The van der Waals surface area contributed by atoms with Crippen molar-refractivity contribution in [1.82, 2.24) is 19.5 Å². The Bertz CT molecular complexity index is 1910. The van der Waals surface area contributed by atoms with Gasteiger partial charge in [0.2, 0.25) is 0 Å². The number of imidazole rings is 1. The lowest BCUT2D eigenvalue weighted by Crippen LogP contribution is -2.51. The van der Waals surface area contributed by atoms with Gasteiger partial charge in [0.25, 0.3) is 5.91 Å². The summed E-state index contributed by atoms with van der Waals surface area (Å²) in [5, 5.41) is 13.4. The number of aromatic nitrogens is 4. The second-order valence-electron chi connectivity index (χ2n) is 11.2. The van der Waals surface area contributed by atoms with Gasteiger partial charge < -0.3 is 24.6 Å². The highest BCUT2D eigenvalue weighted by Gasteiger charge is 2.47. The summed E-state index contributed by atoms with van der Waals surface area (Å²) in [5.41, 5.74) is 3.26. The zero-order valence-corrected chi connectivity index (χ0v) is 25.6. The molecule has 236 valence electrons. The van der Waals surface area contributed by atoms with Crippen LogP contribution in [0.3, 0.4) is 0 Å². The number of fused-ring (bicyclic) bond motifs is 1. The zero-order valence-electron chi connectivity index (χ0n) is 25.6. The van der Waals surface area contributed by atoms with Crippen LogP contribution in [0.25, 0.3) is 11.2 Å². The number of hydrogen-bond donors (Lipinski definition) is 2. The van der Waals surface area contributed by atoms with E-state index in [-0.39, 0.29) is 30.9 Å². The van der Waals surface area contributed by atoms with Crippen molar-refractivity contribution in [3.05, 3.63) is 150 Å². The molecule has 0 unspecified atom stereocenters. The van der Waals surface area contributed by atoms with E-state index in [9.17, 15) is 9.90 Å². The minimum Gasteiger partial charge on any atom is -0.497 e. The standard InChI is InChI=1S/C37H33N5O5/c1-45-29-19-17-28(18-20-29)37(26-13-7-3-8-14-26,27-15-9-4-10-16-27)46-22-31-30(21-43)36(47-31)42-24-40-32-33(38-23-39-34(32)42)41-35(44)25-11-5-2-6-12-25/h2-20,23-24,30-31,36,43H,21-22H2,1H3,(H,38,39,41,44)/t30-,31-,36-/m1/s1. The molecule has 0 radical (unpaired) electrons. The third-order valence-electron chi connectivity index (χ3n) is 8.59. The predicted octanol–water partition coefficient (Wildman–Crippen LogP) is 5.60. The maximum Gasteiger partial charge on any atom is 0.256 e. The van der Waals surface area contributed by atoms with E-state index in [1.807, 2.05) is 66.7 Å². The first-order valence-electron chi connectivity index (χ1n) is 15.3. The van der Waals surface area contributed by atoms with Crippen LogP contribution in [0.4, 0.5) is 5.82 Å². The SMILES string of the molecule is COc1ccc(C(OC[C@H]2O[C@@H](n3cnc4c(NC(=O)c5ccccc5)ncnc43)[C@@H]2CO)(c2ccccc2)c2ccccc2)cc1. The highest BCUT2D eigenvalue weighted by Crippen LogP contribution is 2.44. The van der Waals surface area contributed by atoms with E-state index >= 15 is 0 Å². The maximum atomic E-state index is 12.8. The van der Waals surface area contributed by atoms with E-state index in [0.29, 0.717) is 16.7 Å². The number of nitrogens with zero attached hydrogens (tertiary/aromatic N) is 4. The molecule has 3 heterocycles. The number of amides is 1. The number of aliphatic hydroxyl groups excluding tert-OH is 1. The normalized spacial score (nSPS) is 17.6. The molecule has 10 nitrogen and oxygen atoms in total. The molecule has 6 aromatic rings. The molecule has 2 N–H and O–H groups in total. The van der Waals surface area contributed by atoms with Gasteiger partial charge in [-0.15, -0.1) is 0 Å². The quantitative estimate of drug-likeness (QED) is 0.178. The van der Waals surface area contributed by atoms with E-state index in [4.69, 9.17) is 14.2 Å². The van der Waals surface area contributed by atoms with Crippen LogP contribution in [-0.2, 0) is 15.1 Å². The van der Waals surface area contributed by atoms with Crippen LogP contribution in [0, 0.1) is 5.92 Å². The molecular formula is C37H33N5O5. The Morgan fingerprint density at radius 3 is 2.09 bits per heavy atom. The fraction of sp³-hybridized carbons (Fsp3) is 0.189. The molecule has 1 aliphatic rings. The summed E-state index contributed by atoms with van der Waals surface area (Å²) in [6, 6.07) is 36.9. The van der Waals surface area contributed by atoms with Gasteiger partial charge >= 0.3 is 0 Å². The van der Waals surface area contributed by atoms with E-state index < -0.39 is 17.9 Å². The average Bonchev–Trinajstić information content (AvgIpc) is 3.55. The van der Waals surface area contributed by atoms with Gasteiger partial charge in [-0.05, 0) is 41.0 Å². The number of anilines is 1. The highest BCUT2D eigenvalue weighted by atomic mass is 16.6. The zero-order chi connectivity index (χ0) is 32.2. The third-order valence-corrected chi connectivity index (χ3v) is 8.59. The van der Waals surface area contributed by atoms with Crippen LogP contribution in [0.2, 0.25) is 0 Å². The lowest BCUT2D eigenvalue weighted by molar-refractivity contribution is -0.255. The summed E-state index contributed by atoms with van der Waals surface area (Å²) < 4.78 is 20.6. The molecule has 47 heavy (non-hydrogen) atoms. The molecule has 1 aliphatic heterocycles. The van der Waals surface area contributed by atoms with Crippen molar-refractivity contribution < 1.29 is 24.1 Å². The number of carbonyl (C=O) groups excluding carboxylic acids is 1. The average molecular weight is 628 g/mol. The second-order valence-corrected chi connectivity index (χ2v) is 11.2.